The molecule has 2 rings (SSSR count). The molecule has 0 fully saturated rings. The molecule has 0 aromatic heterocycles. The molecule has 0 bridgehead atoms. The Kier molecular flexibility index (Phi) is 4.23. The van der Waals surface area contributed by atoms with Crippen LogP contribution in [0.3, 0.4) is 0 Å². The van der Waals surface area contributed by atoms with Gasteiger partial charge in [-0.15, -0.1) is 0 Å². The van der Waals surface area contributed by atoms with Gasteiger partial charge in [-0.25, -0.2) is 0 Å². The highest BCUT2D eigenvalue weighted by Crippen LogP contribution is 2.17. The first kappa shape index (κ1) is 13.6. The predicted octanol–water partition coefficient (Wildman–Crippen LogP) is 4.14. The first-order chi connectivity index (χ1) is 9.08. The number of hydrogen-bond acceptors (Lipinski definition) is 1. The fourth-order valence-electron chi connectivity index (χ4n) is 2.03. The van der Waals surface area contributed by atoms with Crippen molar-refractivity contribution in [1.82, 2.24) is 5.32 Å². The quantitative estimate of drug-likeness (QED) is 0.895. The highest BCUT2D eigenvalue weighted by atomic mass is 35.5. The van der Waals surface area contributed by atoms with E-state index in [9.17, 15) is 4.79 Å². The number of carbonyl (C=O) groups excluding carboxylic acids is 1. The minimum absolute atomic E-state index is 0.0237. The molecule has 0 saturated carbocycles. The molecule has 0 radical (unpaired) electrons. The molecule has 0 aliphatic rings. The lowest BCUT2D eigenvalue weighted by molar-refractivity contribution is 0.0940. The Morgan fingerprint density at radius 2 is 1.74 bits per heavy atom. The summed E-state index contributed by atoms with van der Waals surface area (Å²) in [6, 6.07) is 14.9. The minimum Gasteiger partial charge on any atom is -0.346 e. The summed E-state index contributed by atoms with van der Waals surface area (Å²) in [6.07, 6.45) is 0. The molecule has 0 aliphatic heterocycles. The summed E-state index contributed by atoms with van der Waals surface area (Å²) < 4.78 is 0. The van der Waals surface area contributed by atoms with Gasteiger partial charge in [-0.1, -0.05) is 35.9 Å². The molecule has 98 valence electrons. The highest BCUT2D eigenvalue weighted by Gasteiger charge is 2.12. The zero-order chi connectivity index (χ0) is 13.8. The van der Waals surface area contributed by atoms with Crippen LogP contribution in [0.15, 0.2) is 48.5 Å². The number of rotatable bonds is 3. The van der Waals surface area contributed by atoms with Crippen LogP contribution in [0.4, 0.5) is 0 Å². The highest BCUT2D eigenvalue weighted by molar-refractivity contribution is 6.30. The van der Waals surface area contributed by atoms with Crippen LogP contribution in [-0.2, 0) is 0 Å². The summed E-state index contributed by atoms with van der Waals surface area (Å²) in [5, 5.41) is 3.62. The van der Waals surface area contributed by atoms with Gasteiger partial charge in [0.1, 0.15) is 0 Å². The summed E-state index contributed by atoms with van der Waals surface area (Å²) in [7, 11) is 0. The zero-order valence-corrected chi connectivity index (χ0v) is 11.7. The van der Waals surface area contributed by atoms with Crippen molar-refractivity contribution >= 4 is 17.5 Å². The Bertz CT molecular complexity index is 578. The number of hydrogen-bond donors (Lipinski definition) is 1. The summed E-state index contributed by atoms with van der Waals surface area (Å²) in [5.74, 6) is -0.0904. The van der Waals surface area contributed by atoms with Gasteiger partial charge in [-0.05, 0) is 49.2 Å². The van der Waals surface area contributed by atoms with E-state index < -0.39 is 0 Å². The Balaban J connectivity index is 2.11. The van der Waals surface area contributed by atoms with E-state index in [1.807, 2.05) is 38.1 Å². The van der Waals surface area contributed by atoms with E-state index in [1.54, 1.807) is 24.3 Å². The Morgan fingerprint density at radius 3 is 2.37 bits per heavy atom. The van der Waals surface area contributed by atoms with Gasteiger partial charge in [0.15, 0.2) is 0 Å². The van der Waals surface area contributed by atoms with E-state index >= 15 is 0 Å². The molecule has 2 nitrogen and oxygen atoms in total. The topological polar surface area (TPSA) is 29.1 Å². The number of amides is 1. The largest absolute Gasteiger partial charge is 0.346 e. The molecular weight excluding hydrogens is 258 g/mol. The molecule has 1 atom stereocenters. The average Bonchev–Trinajstić information content (AvgIpc) is 2.39. The molecule has 19 heavy (non-hydrogen) atoms. The normalized spacial score (nSPS) is 11.9. The lowest BCUT2D eigenvalue weighted by Gasteiger charge is -2.16. The van der Waals surface area contributed by atoms with Gasteiger partial charge >= 0.3 is 0 Å². The Morgan fingerprint density at radius 1 is 1.11 bits per heavy atom. The lowest BCUT2D eigenvalue weighted by atomic mass is 10.0. The van der Waals surface area contributed by atoms with E-state index in [-0.39, 0.29) is 11.9 Å². The summed E-state index contributed by atoms with van der Waals surface area (Å²) in [6.45, 7) is 4.02. The minimum atomic E-state index is -0.0904. The van der Waals surface area contributed by atoms with E-state index in [1.165, 1.54) is 5.56 Å². The van der Waals surface area contributed by atoms with Crippen LogP contribution >= 0.6 is 11.6 Å². The van der Waals surface area contributed by atoms with Crippen molar-refractivity contribution in [3.05, 3.63) is 70.2 Å². The fraction of sp³-hybridized carbons (Fsp3) is 0.188. The van der Waals surface area contributed by atoms with E-state index in [0.717, 1.165) is 5.56 Å². The third-order valence-corrected chi connectivity index (χ3v) is 3.36. The third kappa shape index (κ3) is 3.36. The van der Waals surface area contributed by atoms with Crippen molar-refractivity contribution in [2.24, 2.45) is 0 Å². The number of aryl methyl sites for hydroxylation is 1. The second-order valence-corrected chi connectivity index (χ2v) is 5.00. The monoisotopic (exact) mass is 273 g/mol. The van der Waals surface area contributed by atoms with Gasteiger partial charge in [0.05, 0.1) is 6.04 Å². The van der Waals surface area contributed by atoms with E-state index in [2.05, 4.69) is 5.32 Å². The number of nitrogens with one attached hydrogen (secondary N) is 1. The van der Waals surface area contributed by atoms with Crippen molar-refractivity contribution in [2.75, 3.05) is 0 Å². The van der Waals surface area contributed by atoms with Gasteiger partial charge < -0.3 is 5.32 Å². The fourth-order valence-corrected chi connectivity index (χ4v) is 2.16. The van der Waals surface area contributed by atoms with Crippen LogP contribution in [0.1, 0.15) is 34.5 Å². The van der Waals surface area contributed by atoms with Crippen LogP contribution in [0.25, 0.3) is 0 Å². The van der Waals surface area contributed by atoms with E-state index in [0.29, 0.717) is 10.6 Å². The van der Waals surface area contributed by atoms with Crippen molar-refractivity contribution in [3.8, 4) is 0 Å². The summed E-state index contributed by atoms with van der Waals surface area (Å²) in [5.41, 5.74) is 2.92. The molecule has 1 N–H and O–H groups in total. The maximum Gasteiger partial charge on any atom is 0.251 e. The van der Waals surface area contributed by atoms with E-state index in [4.69, 9.17) is 11.6 Å². The molecule has 2 aromatic carbocycles. The predicted molar refractivity (Wildman–Crippen MR) is 78.5 cm³/mol. The molecule has 1 unspecified atom stereocenters. The smallest absolute Gasteiger partial charge is 0.251 e. The van der Waals surface area contributed by atoms with Crippen LogP contribution < -0.4 is 5.32 Å². The summed E-state index contributed by atoms with van der Waals surface area (Å²) >= 11 is 5.81. The van der Waals surface area contributed by atoms with Gasteiger partial charge in [0.25, 0.3) is 5.91 Å². The molecule has 0 spiro atoms. The third-order valence-electron chi connectivity index (χ3n) is 3.11. The molecule has 0 saturated heterocycles. The second kappa shape index (κ2) is 5.89. The molecule has 1 amide bonds. The van der Waals surface area contributed by atoms with Gasteiger partial charge in [-0.2, -0.15) is 0 Å². The standard InChI is InChI=1S/C16H16ClNO/c1-11-5-3-4-6-15(11)12(2)18-16(19)13-7-9-14(17)10-8-13/h3-10,12H,1-2H3,(H,18,19). The molecule has 2 aromatic rings. The van der Waals surface area contributed by atoms with Crippen LogP contribution in [0.5, 0.6) is 0 Å². The SMILES string of the molecule is Cc1ccccc1C(C)NC(=O)c1ccc(Cl)cc1. The molecule has 3 heteroatoms. The zero-order valence-electron chi connectivity index (χ0n) is 11.0. The average molecular weight is 274 g/mol. The van der Waals surface area contributed by atoms with Crippen LogP contribution in [0, 0.1) is 6.92 Å². The summed E-state index contributed by atoms with van der Waals surface area (Å²) in [4.78, 5) is 12.1. The van der Waals surface area contributed by atoms with Crippen molar-refractivity contribution < 1.29 is 4.79 Å². The number of carbonyl (C=O) groups is 1. The Hall–Kier alpha value is -1.80. The maximum absolute atomic E-state index is 12.1. The second-order valence-electron chi connectivity index (χ2n) is 4.56. The van der Waals surface area contributed by atoms with Crippen LogP contribution in [0.2, 0.25) is 5.02 Å². The maximum atomic E-state index is 12.1. The van der Waals surface area contributed by atoms with Gasteiger partial charge in [0.2, 0.25) is 0 Å². The van der Waals surface area contributed by atoms with Gasteiger partial charge in [0, 0.05) is 10.6 Å². The number of benzene rings is 2. The van der Waals surface area contributed by atoms with Gasteiger partial charge in [-0.3, -0.25) is 4.79 Å². The molecule has 0 heterocycles. The Labute approximate surface area is 118 Å². The van der Waals surface area contributed by atoms with Crippen LogP contribution in [-0.4, -0.2) is 5.91 Å². The van der Waals surface area contributed by atoms with Crippen molar-refractivity contribution in [3.63, 3.8) is 0 Å². The first-order valence-corrected chi connectivity index (χ1v) is 6.57. The van der Waals surface area contributed by atoms with Crippen molar-refractivity contribution in [2.45, 2.75) is 19.9 Å². The molecule has 0 aliphatic carbocycles. The molecular formula is C16H16ClNO. The van der Waals surface area contributed by atoms with Crippen molar-refractivity contribution in [1.29, 1.82) is 0 Å². The lowest BCUT2D eigenvalue weighted by Crippen LogP contribution is -2.27. The first-order valence-electron chi connectivity index (χ1n) is 6.20. The number of halogens is 1.